The zero-order valence-corrected chi connectivity index (χ0v) is 12.7. The fourth-order valence-corrected chi connectivity index (χ4v) is 1.82. The molecule has 1 aromatic rings. The van der Waals surface area contributed by atoms with Crippen molar-refractivity contribution < 1.29 is 14.6 Å². The number of carbonyl (C=O) groups is 1. The van der Waals surface area contributed by atoms with E-state index < -0.39 is 0 Å². The number of rotatable bonds is 8. The Morgan fingerprint density at radius 1 is 1.24 bits per heavy atom. The quantitative estimate of drug-likeness (QED) is 0.452. The van der Waals surface area contributed by atoms with E-state index >= 15 is 0 Å². The summed E-state index contributed by atoms with van der Waals surface area (Å²) in [5, 5.41) is 8.84. The fraction of sp³-hybridized carbons (Fsp3) is 0.500. The van der Waals surface area contributed by atoms with Crippen molar-refractivity contribution in [2.24, 2.45) is 0 Å². The molecule has 1 aromatic carbocycles. The van der Waals surface area contributed by atoms with Crippen molar-refractivity contribution in [1.82, 2.24) is 0 Å². The molecule has 0 aliphatic carbocycles. The highest BCUT2D eigenvalue weighted by Crippen LogP contribution is 2.09. The number of carbonyl (C=O) groups excluding carboxylic acids is 1. The van der Waals surface area contributed by atoms with Gasteiger partial charge in [-0.3, -0.25) is 0 Å². The lowest BCUT2D eigenvalue weighted by atomic mass is 10.1. The smallest absolute Gasteiger partial charge is 0.339 e. The normalized spacial score (nSPS) is 11.3. The van der Waals surface area contributed by atoms with Crippen LogP contribution in [0.4, 0.5) is 0 Å². The molecule has 1 atom stereocenters. The number of aliphatic hydroxyl groups is 1. The lowest BCUT2D eigenvalue weighted by Gasteiger charge is -2.12. The molecule has 0 bridgehead atoms. The highest BCUT2D eigenvalue weighted by molar-refractivity contribution is 5.89. The molecular formula is C18H24O3. The molecular weight excluding hydrogens is 264 g/mol. The largest absolute Gasteiger partial charge is 0.446 e. The summed E-state index contributed by atoms with van der Waals surface area (Å²) >= 11 is 0. The first kappa shape index (κ1) is 17.3. The van der Waals surface area contributed by atoms with Crippen molar-refractivity contribution in [3.8, 4) is 11.8 Å². The van der Waals surface area contributed by atoms with E-state index in [9.17, 15) is 4.79 Å². The van der Waals surface area contributed by atoms with Crippen LogP contribution in [-0.2, 0) is 4.74 Å². The van der Waals surface area contributed by atoms with Gasteiger partial charge in [-0.05, 0) is 37.8 Å². The Morgan fingerprint density at radius 3 is 2.67 bits per heavy atom. The van der Waals surface area contributed by atoms with Gasteiger partial charge in [0.2, 0.25) is 0 Å². The lowest BCUT2D eigenvalue weighted by molar-refractivity contribution is 0.0391. The van der Waals surface area contributed by atoms with Crippen LogP contribution in [0.1, 0.15) is 55.8 Å². The first-order chi connectivity index (χ1) is 10.3. The van der Waals surface area contributed by atoms with Gasteiger partial charge in [0.25, 0.3) is 0 Å². The third-order valence-electron chi connectivity index (χ3n) is 3.05. The van der Waals surface area contributed by atoms with Gasteiger partial charge in [-0.25, -0.2) is 4.79 Å². The standard InChI is InChI=1S/C18H24O3/c1-2-3-4-8-13-17(14-9-10-15-19)21-18(20)16-11-6-5-7-12-16/h5-7,11-12,17,19H,2-4,9-10,14-15H2,1H3. The molecule has 21 heavy (non-hydrogen) atoms. The summed E-state index contributed by atoms with van der Waals surface area (Å²) in [7, 11) is 0. The van der Waals surface area contributed by atoms with E-state index in [0.717, 1.165) is 25.7 Å². The van der Waals surface area contributed by atoms with Crippen LogP contribution < -0.4 is 0 Å². The summed E-state index contributed by atoms with van der Waals surface area (Å²) < 4.78 is 5.47. The van der Waals surface area contributed by atoms with Crippen molar-refractivity contribution in [3.63, 3.8) is 0 Å². The van der Waals surface area contributed by atoms with Gasteiger partial charge in [-0.15, -0.1) is 0 Å². The van der Waals surface area contributed by atoms with Gasteiger partial charge in [-0.1, -0.05) is 43.4 Å². The average molecular weight is 288 g/mol. The lowest BCUT2D eigenvalue weighted by Crippen LogP contribution is -2.17. The minimum Gasteiger partial charge on any atom is -0.446 e. The average Bonchev–Trinajstić information content (AvgIpc) is 2.52. The number of hydrogen-bond acceptors (Lipinski definition) is 3. The summed E-state index contributed by atoms with van der Waals surface area (Å²) in [5.74, 6) is 5.78. The molecule has 0 saturated heterocycles. The van der Waals surface area contributed by atoms with Gasteiger partial charge in [-0.2, -0.15) is 0 Å². The summed E-state index contributed by atoms with van der Waals surface area (Å²) in [6, 6.07) is 8.95. The Kier molecular flexibility index (Phi) is 8.99. The first-order valence-corrected chi connectivity index (χ1v) is 7.63. The van der Waals surface area contributed by atoms with Gasteiger partial charge < -0.3 is 9.84 Å². The summed E-state index contributed by atoms with van der Waals surface area (Å²) in [6.07, 6.45) is 4.77. The predicted octanol–water partition coefficient (Wildman–Crippen LogP) is 3.57. The number of esters is 1. The molecule has 114 valence electrons. The SMILES string of the molecule is CCCCC#CC(CCCCO)OC(=O)c1ccccc1. The molecule has 0 heterocycles. The number of ether oxygens (including phenoxy) is 1. The highest BCUT2D eigenvalue weighted by Gasteiger charge is 2.13. The Labute approximate surface area is 127 Å². The molecule has 0 radical (unpaired) electrons. The van der Waals surface area contributed by atoms with E-state index in [1.165, 1.54) is 0 Å². The van der Waals surface area contributed by atoms with Crippen LogP contribution in [0.2, 0.25) is 0 Å². The molecule has 0 saturated carbocycles. The maximum absolute atomic E-state index is 12.0. The molecule has 3 heteroatoms. The van der Waals surface area contributed by atoms with E-state index in [-0.39, 0.29) is 18.7 Å². The van der Waals surface area contributed by atoms with Crippen LogP contribution in [0, 0.1) is 11.8 Å². The molecule has 0 spiro atoms. The van der Waals surface area contributed by atoms with Gasteiger partial charge in [0, 0.05) is 13.0 Å². The van der Waals surface area contributed by atoms with Crippen molar-refractivity contribution in [1.29, 1.82) is 0 Å². The van der Waals surface area contributed by atoms with Crippen molar-refractivity contribution >= 4 is 5.97 Å². The van der Waals surface area contributed by atoms with E-state index in [4.69, 9.17) is 9.84 Å². The predicted molar refractivity (Wildman–Crippen MR) is 83.9 cm³/mol. The second-order valence-corrected chi connectivity index (χ2v) is 4.90. The molecule has 0 aliphatic rings. The Morgan fingerprint density at radius 2 is 2.00 bits per heavy atom. The van der Waals surface area contributed by atoms with Crippen LogP contribution in [0.25, 0.3) is 0 Å². The van der Waals surface area contributed by atoms with Gasteiger partial charge in [0.15, 0.2) is 6.10 Å². The molecule has 1 rings (SSSR count). The topological polar surface area (TPSA) is 46.5 Å². The summed E-state index contributed by atoms with van der Waals surface area (Å²) in [6.45, 7) is 2.28. The molecule has 0 aliphatic heterocycles. The molecule has 1 unspecified atom stereocenters. The highest BCUT2D eigenvalue weighted by atomic mass is 16.5. The number of aliphatic hydroxyl groups excluding tert-OH is 1. The van der Waals surface area contributed by atoms with Crippen LogP contribution in [-0.4, -0.2) is 23.8 Å². The van der Waals surface area contributed by atoms with Gasteiger partial charge >= 0.3 is 5.97 Å². The zero-order valence-electron chi connectivity index (χ0n) is 12.7. The summed E-state index contributed by atoms with van der Waals surface area (Å²) in [4.78, 5) is 12.0. The number of benzene rings is 1. The zero-order chi connectivity index (χ0) is 15.3. The molecule has 1 N–H and O–H groups in total. The molecule has 0 fully saturated rings. The van der Waals surface area contributed by atoms with E-state index in [2.05, 4.69) is 18.8 Å². The Hall–Kier alpha value is -1.79. The van der Waals surface area contributed by atoms with Crippen LogP contribution in [0.15, 0.2) is 30.3 Å². The molecule has 3 nitrogen and oxygen atoms in total. The minimum atomic E-state index is -0.388. The molecule has 0 aromatic heterocycles. The number of unbranched alkanes of at least 4 members (excludes halogenated alkanes) is 3. The Balaban J connectivity index is 2.57. The van der Waals surface area contributed by atoms with E-state index in [0.29, 0.717) is 18.4 Å². The molecule has 0 amide bonds. The van der Waals surface area contributed by atoms with Crippen molar-refractivity contribution in [2.75, 3.05) is 6.61 Å². The third-order valence-corrected chi connectivity index (χ3v) is 3.05. The fourth-order valence-electron chi connectivity index (χ4n) is 1.82. The van der Waals surface area contributed by atoms with Crippen molar-refractivity contribution in [3.05, 3.63) is 35.9 Å². The second kappa shape index (κ2) is 10.9. The van der Waals surface area contributed by atoms with E-state index in [1.807, 2.05) is 18.2 Å². The maximum Gasteiger partial charge on any atom is 0.339 e. The summed E-state index contributed by atoms with van der Waals surface area (Å²) in [5.41, 5.74) is 0.542. The van der Waals surface area contributed by atoms with Crippen LogP contribution in [0.5, 0.6) is 0 Å². The monoisotopic (exact) mass is 288 g/mol. The van der Waals surface area contributed by atoms with E-state index in [1.54, 1.807) is 12.1 Å². The van der Waals surface area contributed by atoms with Crippen LogP contribution >= 0.6 is 0 Å². The van der Waals surface area contributed by atoms with Gasteiger partial charge in [0.1, 0.15) is 0 Å². The van der Waals surface area contributed by atoms with Crippen LogP contribution in [0.3, 0.4) is 0 Å². The number of hydrogen-bond donors (Lipinski definition) is 1. The third kappa shape index (κ3) is 7.53. The first-order valence-electron chi connectivity index (χ1n) is 7.63. The van der Waals surface area contributed by atoms with Gasteiger partial charge in [0.05, 0.1) is 5.56 Å². The maximum atomic E-state index is 12.0. The minimum absolute atomic E-state index is 0.155. The second-order valence-electron chi connectivity index (χ2n) is 4.90. The Bertz CT molecular complexity index is 456. The van der Waals surface area contributed by atoms with Crippen molar-refractivity contribution in [2.45, 2.75) is 51.6 Å².